The fourth-order valence-corrected chi connectivity index (χ4v) is 3.40. The number of rotatable bonds is 14. The average Bonchev–Trinajstić information content (AvgIpc) is 2.78. The van der Waals surface area contributed by atoms with Crippen molar-refractivity contribution >= 4 is 5.97 Å². The maximum Gasteiger partial charge on any atom is 0.343 e. The minimum absolute atomic E-state index is 0.0291. The second-order valence-electron chi connectivity index (χ2n) is 8.04. The third-order valence-corrected chi connectivity index (χ3v) is 5.43. The lowest BCUT2D eigenvalue weighted by molar-refractivity contribution is 0.0626. The molecule has 0 radical (unpaired) electrons. The number of ether oxygens (including phenoxy) is 2. The van der Waals surface area contributed by atoms with Gasteiger partial charge in [-0.15, -0.1) is 0 Å². The van der Waals surface area contributed by atoms with Gasteiger partial charge in [0.15, 0.2) is 0 Å². The topological polar surface area (TPSA) is 35.5 Å². The summed E-state index contributed by atoms with van der Waals surface area (Å²) in [4.78, 5) is 12.4. The summed E-state index contributed by atoms with van der Waals surface area (Å²) in [6.07, 6.45) is 11.0. The summed E-state index contributed by atoms with van der Waals surface area (Å²) in [7, 11) is 0. The van der Waals surface area contributed by atoms with Gasteiger partial charge in [-0.05, 0) is 61.6 Å². The van der Waals surface area contributed by atoms with Gasteiger partial charge in [-0.25, -0.2) is 4.79 Å². The first-order chi connectivity index (χ1) is 14.6. The van der Waals surface area contributed by atoms with Gasteiger partial charge in [-0.2, -0.15) is 0 Å². The van der Waals surface area contributed by atoms with Crippen molar-refractivity contribution < 1.29 is 14.3 Å². The molecule has 2 aromatic carbocycles. The van der Waals surface area contributed by atoms with E-state index in [9.17, 15) is 4.79 Å². The van der Waals surface area contributed by atoms with E-state index in [1.165, 1.54) is 50.5 Å². The monoisotopic (exact) mass is 410 g/mol. The molecule has 0 amide bonds. The van der Waals surface area contributed by atoms with E-state index < -0.39 is 0 Å². The van der Waals surface area contributed by atoms with Gasteiger partial charge in [-0.3, -0.25) is 0 Å². The number of esters is 1. The highest BCUT2D eigenvalue weighted by atomic mass is 16.5. The number of carbonyl (C=O) groups is 1. The molecular weight excluding hydrogens is 372 g/mol. The molecule has 0 aliphatic rings. The second-order valence-corrected chi connectivity index (χ2v) is 8.04. The Bertz CT molecular complexity index is 719. The molecule has 2 aromatic rings. The smallest absolute Gasteiger partial charge is 0.343 e. The van der Waals surface area contributed by atoms with Crippen molar-refractivity contribution in [2.75, 3.05) is 6.61 Å². The number of hydrogen-bond acceptors (Lipinski definition) is 3. The van der Waals surface area contributed by atoms with Crippen molar-refractivity contribution in [3.8, 4) is 5.75 Å². The molecule has 3 heteroatoms. The number of unbranched alkanes of at least 4 members (excludes halogenated alkanes) is 6. The predicted molar refractivity (Wildman–Crippen MR) is 124 cm³/mol. The largest absolute Gasteiger partial charge is 0.423 e. The Balaban J connectivity index is 1.76. The van der Waals surface area contributed by atoms with E-state index in [0.717, 1.165) is 25.0 Å². The highest BCUT2D eigenvalue weighted by Crippen LogP contribution is 2.20. The Morgan fingerprint density at radius 2 is 1.43 bits per heavy atom. The van der Waals surface area contributed by atoms with E-state index in [1.54, 1.807) is 0 Å². The Kier molecular flexibility index (Phi) is 11.2. The molecule has 0 N–H and O–H groups in total. The molecule has 30 heavy (non-hydrogen) atoms. The van der Waals surface area contributed by atoms with Crippen molar-refractivity contribution in [1.82, 2.24) is 0 Å². The number of benzene rings is 2. The van der Waals surface area contributed by atoms with E-state index in [0.29, 0.717) is 11.3 Å². The Hall–Kier alpha value is -2.13. The first kappa shape index (κ1) is 24.1. The van der Waals surface area contributed by atoms with Gasteiger partial charge in [0, 0.05) is 6.61 Å². The SMILES string of the molecule is CCCCCCCCOC(C)c1ccc(C(=O)Oc2ccc(CCCC)cc2)cc1. The summed E-state index contributed by atoms with van der Waals surface area (Å²) in [5.74, 6) is 0.253. The molecule has 164 valence electrons. The van der Waals surface area contributed by atoms with Crippen LogP contribution in [0.5, 0.6) is 5.75 Å². The summed E-state index contributed by atoms with van der Waals surface area (Å²) in [5.41, 5.74) is 2.91. The van der Waals surface area contributed by atoms with Crippen LogP contribution >= 0.6 is 0 Å². The van der Waals surface area contributed by atoms with Crippen LogP contribution in [-0.2, 0) is 11.2 Å². The quantitative estimate of drug-likeness (QED) is 0.182. The maximum absolute atomic E-state index is 12.4. The summed E-state index contributed by atoms with van der Waals surface area (Å²) >= 11 is 0. The van der Waals surface area contributed by atoms with Crippen LogP contribution in [0, 0.1) is 0 Å². The van der Waals surface area contributed by atoms with E-state index in [-0.39, 0.29) is 12.1 Å². The van der Waals surface area contributed by atoms with Crippen LogP contribution in [0.15, 0.2) is 48.5 Å². The second kappa shape index (κ2) is 14.0. The first-order valence-electron chi connectivity index (χ1n) is 11.7. The molecule has 1 unspecified atom stereocenters. The summed E-state index contributed by atoms with van der Waals surface area (Å²) in [6, 6.07) is 15.3. The Labute approximate surface area is 182 Å². The van der Waals surface area contributed by atoms with Gasteiger partial charge >= 0.3 is 5.97 Å². The van der Waals surface area contributed by atoms with E-state index in [4.69, 9.17) is 9.47 Å². The highest BCUT2D eigenvalue weighted by molar-refractivity contribution is 5.91. The third-order valence-electron chi connectivity index (χ3n) is 5.43. The van der Waals surface area contributed by atoms with Crippen molar-refractivity contribution in [2.45, 2.75) is 84.7 Å². The average molecular weight is 411 g/mol. The van der Waals surface area contributed by atoms with E-state index in [1.807, 2.05) is 48.5 Å². The fourth-order valence-electron chi connectivity index (χ4n) is 3.40. The zero-order valence-electron chi connectivity index (χ0n) is 19.0. The minimum Gasteiger partial charge on any atom is -0.423 e. The van der Waals surface area contributed by atoms with Crippen molar-refractivity contribution in [2.24, 2.45) is 0 Å². The lowest BCUT2D eigenvalue weighted by Gasteiger charge is -2.14. The molecule has 1 atom stereocenters. The molecule has 0 aromatic heterocycles. The van der Waals surface area contributed by atoms with Crippen LogP contribution in [0.3, 0.4) is 0 Å². The highest BCUT2D eigenvalue weighted by Gasteiger charge is 2.11. The molecule has 0 heterocycles. The summed E-state index contributed by atoms with van der Waals surface area (Å²) < 4.78 is 11.5. The minimum atomic E-state index is -0.330. The fraction of sp³-hybridized carbons (Fsp3) is 0.519. The van der Waals surface area contributed by atoms with Crippen LogP contribution < -0.4 is 4.74 Å². The van der Waals surface area contributed by atoms with Crippen molar-refractivity contribution in [1.29, 1.82) is 0 Å². The van der Waals surface area contributed by atoms with Gasteiger partial charge in [0.25, 0.3) is 0 Å². The Morgan fingerprint density at radius 3 is 2.10 bits per heavy atom. The van der Waals surface area contributed by atoms with Crippen LogP contribution in [0.4, 0.5) is 0 Å². The molecule has 3 nitrogen and oxygen atoms in total. The molecule has 0 spiro atoms. The van der Waals surface area contributed by atoms with Crippen LogP contribution in [0.2, 0.25) is 0 Å². The standard InChI is InChI=1S/C27H38O3/c1-4-6-8-9-10-11-21-29-22(3)24-15-17-25(18-16-24)27(28)30-26-19-13-23(14-20-26)12-7-5-2/h13-20,22H,4-12,21H2,1-3H3. The molecule has 0 bridgehead atoms. The molecular formula is C27H38O3. The van der Waals surface area contributed by atoms with Gasteiger partial charge in [0.05, 0.1) is 11.7 Å². The maximum atomic E-state index is 12.4. The van der Waals surface area contributed by atoms with Crippen LogP contribution in [-0.4, -0.2) is 12.6 Å². The van der Waals surface area contributed by atoms with Crippen LogP contribution in [0.1, 0.15) is 99.7 Å². The van der Waals surface area contributed by atoms with Crippen LogP contribution in [0.25, 0.3) is 0 Å². The number of aryl methyl sites for hydroxylation is 1. The molecule has 0 aliphatic carbocycles. The zero-order valence-corrected chi connectivity index (χ0v) is 19.0. The normalized spacial score (nSPS) is 12.0. The summed E-state index contributed by atoms with van der Waals surface area (Å²) in [5, 5.41) is 0. The van der Waals surface area contributed by atoms with Gasteiger partial charge in [0.2, 0.25) is 0 Å². The third kappa shape index (κ3) is 8.71. The van der Waals surface area contributed by atoms with Crippen molar-refractivity contribution in [3.63, 3.8) is 0 Å². The molecule has 0 saturated heterocycles. The molecule has 0 fully saturated rings. The number of carbonyl (C=O) groups excluding carboxylic acids is 1. The van der Waals surface area contributed by atoms with Gasteiger partial charge < -0.3 is 9.47 Å². The molecule has 0 saturated carbocycles. The lowest BCUT2D eigenvalue weighted by Crippen LogP contribution is -2.09. The first-order valence-corrected chi connectivity index (χ1v) is 11.7. The number of hydrogen-bond donors (Lipinski definition) is 0. The predicted octanol–water partition coefficient (Wildman–Crippen LogP) is 7.69. The van der Waals surface area contributed by atoms with Gasteiger partial charge in [-0.1, -0.05) is 76.6 Å². The van der Waals surface area contributed by atoms with Gasteiger partial charge in [0.1, 0.15) is 5.75 Å². The molecule has 2 rings (SSSR count). The Morgan fingerprint density at radius 1 is 0.800 bits per heavy atom. The molecule has 0 aliphatic heterocycles. The van der Waals surface area contributed by atoms with E-state index >= 15 is 0 Å². The zero-order chi connectivity index (χ0) is 21.6. The lowest BCUT2D eigenvalue weighted by atomic mass is 10.1. The summed E-state index contributed by atoms with van der Waals surface area (Å²) in [6.45, 7) is 7.27. The van der Waals surface area contributed by atoms with Crippen molar-refractivity contribution in [3.05, 3.63) is 65.2 Å². The van der Waals surface area contributed by atoms with E-state index in [2.05, 4.69) is 20.8 Å².